The number of methoxy groups -OCH3 is 1. The molecule has 1 unspecified atom stereocenters. The standard InChI is InChI=1S/C13H15FN2OS/c1-8-16-9(7-18-8)6-11(15)10-4-3-5-12(17-2)13(10)14/h3-5,7,11H,6,15H2,1-2H3. The Morgan fingerprint density at radius 1 is 1.50 bits per heavy atom. The Kier molecular flexibility index (Phi) is 3.93. The SMILES string of the molecule is COc1cccc(C(N)Cc2csc(C)n2)c1F. The van der Waals surface area contributed by atoms with Crippen molar-refractivity contribution >= 4 is 11.3 Å². The largest absolute Gasteiger partial charge is 0.494 e. The van der Waals surface area contributed by atoms with Gasteiger partial charge in [-0.3, -0.25) is 0 Å². The second-order valence-electron chi connectivity index (χ2n) is 4.03. The van der Waals surface area contributed by atoms with Crippen LogP contribution in [0.15, 0.2) is 23.6 Å². The normalized spacial score (nSPS) is 12.4. The van der Waals surface area contributed by atoms with E-state index in [-0.39, 0.29) is 11.6 Å². The van der Waals surface area contributed by atoms with E-state index in [1.807, 2.05) is 12.3 Å². The quantitative estimate of drug-likeness (QED) is 0.925. The number of thiazole rings is 1. The Morgan fingerprint density at radius 3 is 2.89 bits per heavy atom. The molecule has 0 amide bonds. The molecule has 0 saturated carbocycles. The highest BCUT2D eigenvalue weighted by Gasteiger charge is 2.16. The third kappa shape index (κ3) is 2.68. The summed E-state index contributed by atoms with van der Waals surface area (Å²) in [6.45, 7) is 1.94. The van der Waals surface area contributed by atoms with Crippen LogP contribution in [0.4, 0.5) is 4.39 Å². The van der Waals surface area contributed by atoms with Crippen LogP contribution in [0.3, 0.4) is 0 Å². The van der Waals surface area contributed by atoms with Gasteiger partial charge in [0.25, 0.3) is 0 Å². The molecule has 3 nitrogen and oxygen atoms in total. The van der Waals surface area contributed by atoms with Crippen LogP contribution in [0.25, 0.3) is 0 Å². The van der Waals surface area contributed by atoms with Gasteiger partial charge in [-0.15, -0.1) is 11.3 Å². The molecule has 1 heterocycles. The number of ether oxygens (including phenoxy) is 1. The van der Waals surface area contributed by atoms with Gasteiger partial charge in [0.05, 0.1) is 17.8 Å². The Labute approximate surface area is 109 Å². The highest BCUT2D eigenvalue weighted by atomic mass is 32.1. The van der Waals surface area contributed by atoms with Crippen molar-refractivity contribution in [3.8, 4) is 5.75 Å². The van der Waals surface area contributed by atoms with Gasteiger partial charge in [0.15, 0.2) is 11.6 Å². The smallest absolute Gasteiger partial charge is 0.169 e. The summed E-state index contributed by atoms with van der Waals surface area (Å²) in [5.74, 6) is -0.170. The summed E-state index contributed by atoms with van der Waals surface area (Å²) >= 11 is 1.57. The van der Waals surface area contributed by atoms with Gasteiger partial charge < -0.3 is 10.5 Å². The minimum Gasteiger partial charge on any atom is -0.494 e. The fourth-order valence-corrected chi connectivity index (χ4v) is 2.43. The number of aromatic nitrogens is 1. The number of halogens is 1. The van der Waals surface area contributed by atoms with Gasteiger partial charge in [-0.05, 0) is 13.0 Å². The summed E-state index contributed by atoms with van der Waals surface area (Å²) in [4.78, 5) is 4.33. The summed E-state index contributed by atoms with van der Waals surface area (Å²) in [5, 5.41) is 2.94. The van der Waals surface area contributed by atoms with Crippen molar-refractivity contribution in [2.24, 2.45) is 5.73 Å². The van der Waals surface area contributed by atoms with E-state index in [1.165, 1.54) is 7.11 Å². The average Bonchev–Trinajstić information content (AvgIpc) is 2.75. The molecule has 0 aliphatic carbocycles. The maximum atomic E-state index is 14.0. The first-order chi connectivity index (χ1) is 8.61. The Morgan fingerprint density at radius 2 is 2.28 bits per heavy atom. The predicted molar refractivity (Wildman–Crippen MR) is 70.4 cm³/mol. The predicted octanol–water partition coefficient (Wildman–Crippen LogP) is 2.84. The lowest BCUT2D eigenvalue weighted by Crippen LogP contribution is -2.15. The van der Waals surface area contributed by atoms with Crippen LogP contribution < -0.4 is 10.5 Å². The molecule has 0 radical (unpaired) electrons. The molecule has 5 heteroatoms. The summed E-state index contributed by atoms with van der Waals surface area (Å²) < 4.78 is 19.0. The third-order valence-corrected chi connectivity index (χ3v) is 3.53. The summed E-state index contributed by atoms with van der Waals surface area (Å²) in [7, 11) is 1.44. The van der Waals surface area contributed by atoms with E-state index in [2.05, 4.69) is 4.98 Å². The fourth-order valence-electron chi connectivity index (χ4n) is 1.81. The third-order valence-electron chi connectivity index (χ3n) is 2.71. The van der Waals surface area contributed by atoms with Crippen LogP contribution in [-0.2, 0) is 6.42 Å². The van der Waals surface area contributed by atoms with E-state index < -0.39 is 6.04 Å². The van der Waals surface area contributed by atoms with Crippen molar-refractivity contribution in [3.05, 3.63) is 45.7 Å². The van der Waals surface area contributed by atoms with Crippen molar-refractivity contribution in [1.82, 2.24) is 4.98 Å². The molecule has 1 aromatic heterocycles. The molecule has 1 atom stereocenters. The van der Waals surface area contributed by atoms with Gasteiger partial charge >= 0.3 is 0 Å². The number of rotatable bonds is 4. The molecule has 0 aliphatic rings. The lowest BCUT2D eigenvalue weighted by Gasteiger charge is -2.13. The molecule has 2 rings (SSSR count). The lowest BCUT2D eigenvalue weighted by molar-refractivity contribution is 0.382. The first-order valence-corrected chi connectivity index (χ1v) is 6.48. The molecule has 0 aliphatic heterocycles. The number of aryl methyl sites for hydroxylation is 1. The van der Waals surface area contributed by atoms with E-state index >= 15 is 0 Å². The molecule has 0 bridgehead atoms. The van der Waals surface area contributed by atoms with E-state index in [9.17, 15) is 4.39 Å². The number of hydrogen-bond acceptors (Lipinski definition) is 4. The topological polar surface area (TPSA) is 48.1 Å². The Hall–Kier alpha value is -1.46. The Balaban J connectivity index is 2.21. The second kappa shape index (κ2) is 5.46. The van der Waals surface area contributed by atoms with Gasteiger partial charge in [-0.25, -0.2) is 9.37 Å². The summed E-state index contributed by atoms with van der Waals surface area (Å²) in [6, 6.07) is 4.59. The zero-order valence-electron chi connectivity index (χ0n) is 10.3. The van der Waals surface area contributed by atoms with E-state index in [4.69, 9.17) is 10.5 Å². The number of benzene rings is 1. The number of hydrogen-bond donors (Lipinski definition) is 1. The first-order valence-electron chi connectivity index (χ1n) is 5.60. The number of nitrogens with zero attached hydrogens (tertiary/aromatic N) is 1. The summed E-state index contributed by atoms with van der Waals surface area (Å²) in [5.41, 5.74) is 7.38. The Bertz CT molecular complexity index is 542. The molecular formula is C13H15FN2OS. The lowest BCUT2D eigenvalue weighted by atomic mass is 10.0. The van der Waals surface area contributed by atoms with Crippen molar-refractivity contribution in [2.45, 2.75) is 19.4 Å². The van der Waals surface area contributed by atoms with Crippen molar-refractivity contribution in [2.75, 3.05) is 7.11 Å². The van der Waals surface area contributed by atoms with Crippen molar-refractivity contribution in [3.63, 3.8) is 0 Å². The van der Waals surface area contributed by atoms with Crippen LogP contribution in [-0.4, -0.2) is 12.1 Å². The fraction of sp³-hybridized carbons (Fsp3) is 0.308. The number of nitrogens with two attached hydrogens (primary N) is 1. The maximum Gasteiger partial charge on any atom is 0.169 e. The monoisotopic (exact) mass is 266 g/mol. The van der Waals surface area contributed by atoms with Crippen LogP contribution >= 0.6 is 11.3 Å². The van der Waals surface area contributed by atoms with Gasteiger partial charge in [-0.2, -0.15) is 0 Å². The minimum atomic E-state index is -0.415. The van der Waals surface area contributed by atoms with Crippen LogP contribution in [0, 0.1) is 12.7 Å². The van der Waals surface area contributed by atoms with E-state index in [0.717, 1.165) is 10.7 Å². The zero-order chi connectivity index (χ0) is 13.1. The minimum absolute atomic E-state index is 0.220. The highest BCUT2D eigenvalue weighted by Crippen LogP contribution is 2.26. The van der Waals surface area contributed by atoms with Crippen LogP contribution in [0.5, 0.6) is 5.75 Å². The molecular weight excluding hydrogens is 251 g/mol. The summed E-state index contributed by atoms with van der Waals surface area (Å²) in [6.07, 6.45) is 0.522. The second-order valence-corrected chi connectivity index (χ2v) is 5.09. The van der Waals surface area contributed by atoms with Crippen molar-refractivity contribution < 1.29 is 9.13 Å². The molecule has 2 aromatic rings. The molecule has 2 N–H and O–H groups in total. The van der Waals surface area contributed by atoms with Crippen molar-refractivity contribution in [1.29, 1.82) is 0 Å². The van der Waals surface area contributed by atoms with Crippen LogP contribution in [0.2, 0.25) is 0 Å². The average molecular weight is 266 g/mol. The van der Waals surface area contributed by atoms with Crippen LogP contribution in [0.1, 0.15) is 22.3 Å². The van der Waals surface area contributed by atoms with Gasteiger partial charge in [0, 0.05) is 23.4 Å². The van der Waals surface area contributed by atoms with E-state index in [0.29, 0.717) is 12.0 Å². The maximum absolute atomic E-state index is 14.0. The van der Waals surface area contributed by atoms with Gasteiger partial charge in [0.1, 0.15) is 0 Å². The molecule has 18 heavy (non-hydrogen) atoms. The molecule has 0 spiro atoms. The molecule has 96 valence electrons. The van der Waals surface area contributed by atoms with E-state index in [1.54, 1.807) is 29.5 Å². The first kappa shape index (κ1) is 13.0. The molecule has 1 aromatic carbocycles. The van der Waals surface area contributed by atoms with Gasteiger partial charge in [-0.1, -0.05) is 12.1 Å². The molecule has 0 fully saturated rings. The highest BCUT2D eigenvalue weighted by molar-refractivity contribution is 7.09. The molecule has 0 saturated heterocycles. The van der Waals surface area contributed by atoms with Gasteiger partial charge in [0.2, 0.25) is 0 Å². The zero-order valence-corrected chi connectivity index (χ0v) is 11.1.